The highest BCUT2D eigenvalue weighted by molar-refractivity contribution is 5.96. The van der Waals surface area contributed by atoms with Gasteiger partial charge in [0.2, 0.25) is 0 Å². The summed E-state index contributed by atoms with van der Waals surface area (Å²) in [6.45, 7) is 4.32. The van der Waals surface area contributed by atoms with Gasteiger partial charge in [0.15, 0.2) is 5.82 Å². The summed E-state index contributed by atoms with van der Waals surface area (Å²) in [6.07, 6.45) is 9.75. The summed E-state index contributed by atoms with van der Waals surface area (Å²) in [6, 6.07) is 10.7. The van der Waals surface area contributed by atoms with Crippen molar-refractivity contribution in [2.24, 2.45) is 0 Å². The van der Waals surface area contributed by atoms with Gasteiger partial charge in [0, 0.05) is 54.3 Å². The first-order valence-electron chi connectivity index (χ1n) is 14.4. The molecule has 5 aromatic heterocycles. The van der Waals surface area contributed by atoms with Gasteiger partial charge >= 0.3 is 0 Å². The van der Waals surface area contributed by atoms with E-state index in [2.05, 4.69) is 41.1 Å². The Morgan fingerprint density at radius 3 is 2.70 bits per heavy atom. The van der Waals surface area contributed by atoms with Crippen LogP contribution in [0.3, 0.4) is 0 Å². The summed E-state index contributed by atoms with van der Waals surface area (Å²) >= 11 is 0. The maximum atomic E-state index is 14.6. The van der Waals surface area contributed by atoms with Crippen LogP contribution in [0.1, 0.15) is 18.4 Å². The molecule has 10 nitrogen and oxygen atoms in total. The van der Waals surface area contributed by atoms with Crippen molar-refractivity contribution in [1.29, 1.82) is 0 Å². The highest BCUT2D eigenvalue weighted by Gasteiger charge is 2.18. The lowest BCUT2D eigenvalue weighted by Gasteiger charge is -2.14. The minimum Gasteiger partial charge on any atom is -0.492 e. The number of halogens is 1. The fraction of sp³-hybridized carbons (Fsp3) is 0.281. The molecule has 0 amide bonds. The van der Waals surface area contributed by atoms with E-state index in [1.54, 1.807) is 18.5 Å². The Bertz CT molecular complexity index is 1910. The molecular formula is C32H32FN9O. The first-order chi connectivity index (χ1) is 21.0. The number of ether oxygens (including phenoxy) is 1. The fourth-order valence-corrected chi connectivity index (χ4v) is 5.56. The summed E-state index contributed by atoms with van der Waals surface area (Å²) in [5.41, 5.74) is 6.92. The number of nitrogens with zero attached hydrogens (tertiary/aromatic N) is 7. The van der Waals surface area contributed by atoms with Gasteiger partial charge in [0.25, 0.3) is 0 Å². The summed E-state index contributed by atoms with van der Waals surface area (Å²) < 4.78 is 20.4. The molecule has 0 atom stereocenters. The third kappa shape index (κ3) is 5.69. The van der Waals surface area contributed by atoms with Crippen LogP contribution in [0.15, 0.2) is 61.2 Å². The minimum atomic E-state index is -0.399. The van der Waals surface area contributed by atoms with Gasteiger partial charge in [-0.15, -0.1) is 0 Å². The van der Waals surface area contributed by atoms with Crippen LogP contribution >= 0.6 is 0 Å². The second-order valence-electron chi connectivity index (χ2n) is 11.2. The van der Waals surface area contributed by atoms with Gasteiger partial charge < -0.3 is 14.6 Å². The van der Waals surface area contributed by atoms with E-state index < -0.39 is 5.82 Å². The summed E-state index contributed by atoms with van der Waals surface area (Å²) in [5.74, 6) is 0.625. The van der Waals surface area contributed by atoms with Gasteiger partial charge in [0.1, 0.15) is 29.4 Å². The number of likely N-dealkylation sites (tertiary alicyclic amines) is 1. The molecule has 1 aliphatic heterocycles. The number of aromatic nitrogens is 7. The lowest BCUT2D eigenvalue weighted by molar-refractivity contribution is 0.260. The number of hydrogen-bond acceptors (Lipinski definition) is 8. The molecule has 6 heterocycles. The second kappa shape index (κ2) is 11.5. The van der Waals surface area contributed by atoms with E-state index >= 15 is 0 Å². The molecule has 1 fully saturated rings. The smallest absolute Gasteiger partial charge is 0.159 e. The van der Waals surface area contributed by atoms with Gasteiger partial charge in [0.05, 0.1) is 28.6 Å². The molecular weight excluding hydrogens is 545 g/mol. The van der Waals surface area contributed by atoms with E-state index in [4.69, 9.17) is 9.72 Å². The molecule has 2 N–H and O–H groups in total. The summed E-state index contributed by atoms with van der Waals surface area (Å²) in [5, 5.41) is 8.53. The molecule has 43 heavy (non-hydrogen) atoms. The topological polar surface area (TPSA) is 112 Å². The predicted octanol–water partition coefficient (Wildman–Crippen LogP) is 5.30. The zero-order valence-corrected chi connectivity index (χ0v) is 24.1. The highest BCUT2D eigenvalue weighted by Crippen LogP contribution is 2.33. The van der Waals surface area contributed by atoms with Gasteiger partial charge in [-0.2, -0.15) is 5.10 Å². The molecule has 0 aliphatic carbocycles. The van der Waals surface area contributed by atoms with Crippen LogP contribution in [0.25, 0.3) is 56.0 Å². The van der Waals surface area contributed by atoms with Crippen molar-refractivity contribution >= 4 is 21.9 Å². The van der Waals surface area contributed by atoms with Gasteiger partial charge in [-0.3, -0.25) is 25.0 Å². The summed E-state index contributed by atoms with van der Waals surface area (Å²) in [7, 11) is 3.93. The van der Waals surface area contributed by atoms with Crippen LogP contribution in [-0.2, 0) is 6.54 Å². The molecule has 11 heteroatoms. The van der Waals surface area contributed by atoms with E-state index in [9.17, 15) is 4.39 Å². The quantitative estimate of drug-likeness (QED) is 0.238. The molecule has 6 aromatic rings. The van der Waals surface area contributed by atoms with Gasteiger partial charge in [-0.05, 0) is 75.9 Å². The molecule has 1 aromatic carbocycles. The lowest BCUT2D eigenvalue weighted by Crippen LogP contribution is -2.19. The normalized spacial score (nSPS) is 14.0. The predicted molar refractivity (Wildman–Crippen MR) is 164 cm³/mol. The van der Waals surface area contributed by atoms with Gasteiger partial charge in [-0.1, -0.05) is 0 Å². The Morgan fingerprint density at radius 1 is 0.953 bits per heavy atom. The maximum Gasteiger partial charge on any atom is 0.159 e. The van der Waals surface area contributed by atoms with Crippen molar-refractivity contribution in [1.82, 2.24) is 44.9 Å². The minimum absolute atomic E-state index is 0.399. The van der Waals surface area contributed by atoms with Crippen molar-refractivity contribution in [3.05, 3.63) is 72.6 Å². The number of rotatable bonds is 9. The number of aromatic amines is 2. The Balaban J connectivity index is 1.22. The van der Waals surface area contributed by atoms with Crippen molar-refractivity contribution in [2.45, 2.75) is 19.4 Å². The number of fused-ring (bicyclic) bond motifs is 2. The number of pyridine rings is 3. The average molecular weight is 578 g/mol. The Hall–Kier alpha value is -4.74. The van der Waals surface area contributed by atoms with E-state index in [1.807, 2.05) is 43.5 Å². The van der Waals surface area contributed by atoms with Crippen LogP contribution in [0.5, 0.6) is 5.75 Å². The lowest BCUT2D eigenvalue weighted by atomic mass is 10.1. The van der Waals surface area contributed by atoms with Crippen molar-refractivity contribution in [2.75, 3.05) is 40.3 Å². The fourth-order valence-electron chi connectivity index (χ4n) is 5.56. The summed E-state index contributed by atoms with van der Waals surface area (Å²) in [4.78, 5) is 26.5. The Morgan fingerprint density at radius 2 is 1.84 bits per heavy atom. The SMILES string of the molecule is CN(C)CCOc1cc(F)cc(-c2nccc3[nH]c(-c4n[nH]c5cnc(-c6cncc(CN7CCCC7)c6)cc45)nc23)c1. The van der Waals surface area contributed by atoms with Crippen LogP contribution in [0, 0.1) is 5.82 Å². The number of hydrogen-bond donors (Lipinski definition) is 2. The van der Waals surface area contributed by atoms with Crippen LogP contribution < -0.4 is 4.74 Å². The molecule has 0 radical (unpaired) electrons. The molecule has 0 spiro atoms. The molecule has 1 aliphatic rings. The molecule has 0 unspecified atom stereocenters. The highest BCUT2D eigenvalue weighted by atomic mass is 19.1. The molecule has 7 rings (SSSR count). The van der Waals surface area contributed by atoms with Crippen molar-refractivity contribution < 1.29 is 9.13 Å². The first-order valence-corrected chi connectivity index (χ1v) is 14.4. The first kappa shape index (κ1) is 27.1. The third-order valence-corrected chi connectivity index (χ3v) is 7.72. The van der Waals surface area contributed by atoms with Crippen molar-refractivity contribution in [3.8, 4) is 39.8 Å². The van der Waals surface area contributed by atoms with E-state index in [0.717, 1.165) is 53.9 Å². The number of benzene rings is 1. The van der Waals surface area contributed by atoms with Crippen LogP contribution in [0.2, 0.25) is 0 Å². The van der Waals surface area contributed by atoms with Crippen molar-refractivity contribution in [3.63, 3.8) is 0 Å². The number of H-pyrrole nitrogens is 2. The van der Waals surface area contributed by atoms with E-state index in [0.29, 0.717) is 40.6 Å². The number of imidazole rings is 1. The maximum absolute atomic E-state index is 14.6. The van der Waals surface area contributed by atoms with E-state index in [-0.39, 0.29) is 0 Å². The van der Waals surface area contributed by atoms with Gasteiger partial charge in [-0.25, -0.2) is 9.37 Å². The Kier molecular flexibility index (Phi) is 7.25. The third-order valence-electron chi connectivity index (χ3n) is 7.72. The monoisotopic (exact) mass is 577 g/mol. The average Bonchev–Trinajstić information content (AvgIpc) is 3.76. The molecule has 218 valence electrons. The zero-order valence-electron chi connectivity index (χ0n) is 24.1. The van der Waals surface area contributed by atoms with Crippen LogP contribution in [0.4, 0.5) is 4.39 Å². The standard InChI is InChI=1S/C32H32FN9O/c1-41(2)9-10-43-24-13-21(12-23(33)14-24)29-31-26(5-6-35-29)37-32(38-31)30-25-15-27(36-18-28(25)39-40-30)22-11-20(16-34-17-22)19-42-7-3-4-8-42/h5-6,11-18H,3-4,7-10,19H2,1-2H3,(H,37,38)(H,39,40). The Labute approximate surface area is 248 Å². The van der Waals surface area contributed by atoms with E-state index in [1.165, 1.54) is 30.5 Å². The number of nitrogens with one attached hydrogen (secondary N) is 2. The second-order valence-corrected chi connectivity index (χ2v) is 11.2. The number of likely N-dealkylation sites (N-methyl/N-ethyl adjacent to an activating group) is 1. The zero-order chi connectivity index (χ0) is 29.3. The molecule has 1 saturated heterocycles. The largest absolute Gasteiger partial charge is 0.492 e. The molecule has 0 saturated carbocycles. The van der Waals surface area contributed by atoms with Crippen LogP contribution in [-0.4, -0.2) is 85.3 Å². The molecule has 0 bridgehead atoms.